The smallest absolute Gasteiger partial charge is 0.0867 e. The summed E-state index contributed by atoms with van der Waals surface area (Å²) in [5.74, 6) is 0. The van der Waals surface area contributed by atoms with E-state index < -0.39 is 0 Å². The molecule has 4 heteroatoms. The van der Waals surface area contributed by atoms with Crippen molar-refractivity contribution in [2.75, 3.05) is 6.54 Å². The maximum atomic E-state index is 4.07. The molecule has 0 fully saturated rings. The van der Waals surface area contributed by atoms with Crippen LogP contribution in [0.25, 0.3) is 0 Å². The molecule has 0 saturated heterocycles. The van der Waals surface area contributed by atoms with Gasteiger partial charge in [-0.05, 0) is 19.9 Å². The average molecular weight is 222 g/mol. The molecule has 0 aliphatic carbocycles. The minimum absolute atomic E-state index is 0.564. The van der Waals surface area contributed by atoms with E-state index in [2.05, 4.69) is 42.5 Å². The standard InChI is InChI=1S/C12H22N4/c1-10(2)13-7-5-6-11(3)8-12-9-16(4)15-14-12/h6,9-10,13H,5,7-8H2,1-4H3/b11-6-. The summed E-state index contributed by atoms with van der Waals surface area (Å²) in [5.41, 5.74) is 2.39. The molecule has 1 aromatic heterocycles. The Morgan fingerprint density at radius 2 is 2.31 bits per heavy atom. The van der Waals surface area contributed by atoms with Crippen LogP contribution in [0.15, 0.2) is 17.8 Å². The van der Waals surface area contributed by atoms with Gasteiger partial charge in [0.15, 0.2) is 0 Å². The van der Waals surface area contributed by atoms with E-state index in [4.69, 9.17) is 0 Å². The van der Waals surface area contributed by atoms with Crippen LogP contribution in [0.4, 0.5) is 0 Å². The highest BCUT2D eigenvalue weighted by molar-refractivity contribution is 5.09. The zero-order chi connectivity index (χ0) is 12.0. The van der Waals surface area contributed by atoms with Crippen LogP contribution in [0.1, 0.15) is 32.9 Å². The molecule has 0 bridgehead atoms. The number of allylic oxidation sites excluding steroid dienone is 1. The Kier molecular flexibility index (Phi) is 5.19. The Morgan fingerprint density at radius 3 is 2.88 bits per heavy atom. The highest BCUT2D eigenvalue weighted by atomic mass is 15.4. The van der Waals surface area contributed by atoms with E-state index in [1.54, 1.807) is 4.68 Å². The van der Waals surface area contributed by atoms with Gasteiger partial charge in [0.25, 0.3) is 0 Å². The summed E-state index contributed by atoms with van der Waals surface area (Å²) < 4.78 is 1.74. The largest absolute Gasteiger partial charge is 0.314 e. The number of hydrogen-bond acceptors (Lipinski definition) is 3. The van der Waals surface area contributed by atoms with Crippen LogP contribution in [0, 0.1) is 0 Å². The Bertz CT molecular complexity index is 339. The van der Waals surface area contributed by atoms with Gasteiger partial charge in [0.05, 0.1) is 5.69 Å². The molecule has 0 aromatic carbocycles. The molecule has 1 aromatic rings. The Morgan fingerprint density at radius 1 is 1.56 bits per heavy atom. The topological polar surface area (TPSA) is 42.7 Å². The summed E-state index contributed by atoms with van der Waals surface area (Å²) in [6.07, 6.45) is 6.20. The van der Waals surface area contributed by atoms with Crippen molar-refractivity contribution in [3.8, 4) is 0 Å². The van der Waals surface area contributed by atoms with E-state index in [1.807, 2.05) is 13.2 Å². The Balaban J connectivity index is 2.29. The third-order valence-electron chi connectivity index (χ3n) is 2.30. The number of aromatic nitrogens is 3. The van der Waals surface area contributed by atoms with Crippen molar-refractivity contribution < 1.29 is 0 Å². The maximum Gasteiger partial charge on any atom is 0.0867 e. The molecule has 0 aliphatic rings. The number of nitrogens with zero attached hydrogens (tertiary/aromatic N) is 3. The van der Waals surface area contributed by atoms with Crippen LogP contribution in [-0.4, -0.2) is 27.6 Å². The van der Waals surface area contributed by atoms with E-state index in [1.165, 1.54) is 5.57 Å². The quantitative estimate of drug-likeness (QED) is 0.588. The van der Waals surface area contributed by atoms with Crippen molar-refractivity contribution in [3.63, 3.8) is 0 Å². The van der Waals surface area contributed by atoms with Crippen molar-refractivity contribution in [1.29, 1.82) is 0 Å². The molecular formula is C12H22N4. The van der Waals surface area contributed by atoms with Gasteiger partial charge in [-0.25, -0.2) is 0 Å². The fraction of sp³-hybridized carbons (Fsp3) is 0.667. The molecule has 16 heavy (non-hydrogen) atoms. The molecule has 4 nitrogen and oxygen atoms in total. The summed E-state index contributed by atoms with van der Waals surface area (Å²) in [6, 6.07) is 0.564. The van der Waals surface area contributed by atoms with Crippen LogP contribution in [0.5, 0.6) is 0 Å². The first-order chi connectivity index (χ1) is 7.58. The number of hydrogen-bond donors (Lipinski definition) is 1. The number of rotatable bonds is 6. The lowest BCUT2D eigenvalue weighted by atomic mass is 10.1. The molecule has 0 amide bonds. The van der Waals surface area contributed by atoms with Crippen LogP contribution < -0.4 is 5.32 Å². The zero-order valence-corrected chi connectivity index (χ0v) is 10.7. The summed E-state index contributed by atoms with van der Waals surface area (Å²) in [7, 11) is 1.89. The molecule has 0 spiro atoms. The Hall–Kier alpha value is -1.16. The van der Waals surface area contributed by atoms with Crippen molar-refractivity contribution in [2.45, 2.75) is 39.7 Å². The van der Waals surface area contributed by atoms with E-state index in [9.17, 15) is 0 Å². The van der Waals surface area contributed by atoms with E-state index >= 15 is 0 Å². The molecule has 0 unspecified atom stereocenters. The van der Waals surface area contributed by atoms with E-state index in [0.717, 1.165) is 25.1 Å². The van der Waals surface area contributed by atoms with Gasteiger partial charge in [-0.1, -0.05) is 30.7 Å². The SMILES string of the molecule is C/C(=C/CCNC(C)C)Cc1cn(C)nn1. The first kappa shape index (κ1) is 12.9. The number of aryl methyl sites for hydroxylation is 1. The molecule has 0 saturated carbocycles. The highest BCUT2D eigenvalue weighted by Gasteiger charge is 1.99. The fourth-order valence-electron chi connectivity index (χ4n) is 1.52. The van der Waals surface area contributed by atoms with Gasteiger partial charge in [-0.3, -0.25) is 4.68 Å². The maximum absolute atomic E-state index is 4.07. The lowest BCUT2D eigenvalue weighted by Gasteiger charge is -2.05. The summed E-state index contributed by atoms with van der Waals surface area (Å²) in [5, 5.41) is 11.4. The van der Waals surface area contributed by atoms with Gasteiger partial charge >= 0.3 is 0 Å². The van der Waals surface area contributed by atoms with Crippen molar-refractivity contribution in [1.82, 2.24) is 20.3 Å². The summed E-state index contributed by atoms with van der Waals surface area (Å²) in [4.78, 5) is 0. The predicted octanol–water partition coefficient (Wildman–Crippen LogP) is 1.69. The van der Waals surface area contributed by atoms with Crippen LogP contribution in [0.3, 0.4) is 0 Å². The van der Waals surface area contributed by atoms with Gasteiger partial charge in [-0.15, -0.1) is 5.10 Å². The monoisotopic (exact) mass is 222 g/mol. The molecule has 1 heterocycles. The van der Waals surface area contributed by atoms with Crippen LogP contribution in [-0.2, 0) is 13.5 Å². The molecule has 1 rings (SSSR count). The van der Waals surface area contributed by atoms with Gasteiger partial charge in [0.1, 0.15) is 0 Å². The lowest BCUT2D eigenvalue weighted by Crippen LogP contribution is -2.23. The normalized spacial score (nSPS) is 12.4. The fourth-order valence-corrected chi connectivity index (χ4v) is 1.52. The first-order valence-electron chi connectivity index (χ1n) is 5.82. The van der Waals surface area contributed by atoms with E-state index in [-0.39, 0.29) is 0 Å². The second kappa shape index (κ2) is 6.43. The third-order valence-corrected chi connectivity index (χ3v) is 2.30. The minimum Gasteiger partial charge on any atom is -0.314 e. The molecule has 0 radical (unpaired) electrons. The van der Waals surface area contributed by atoms with Crippen molar-refractivity contribution in [2.24, 2.45) is 7.05 Å². The first-order valence-corrected chi connectivity index (χ1v) is 5.82. The second-order valence-electron chi connectivity index (χ2n) is 4.51. The minimum atomic E-state index is 0.564. The summed E-state index contributed by atoms with van der Waals surface area (Å²) >= 11 is 0. The van der Waals surface area contributed by atoms with Crippen molar-refractivity contribution in [3.05, 3.63) is 23.5 Å². The molecule has 1 N–H and O–H groups in total. The Labute approximate surface area is 97.7 Å². The summed E-state index contributed by atoms with van der Waals surface area (Å²) in [6.45, 7) is 7.51. The van der Waals surface area contributed by atoms with E-state index in [0.29, 0.717) is 6.04 Å². The van der Waals surface area contributed by atoms with Crippen LogP contribution in [0.2, 0.25) is 0 Å². The molecule has 90 valence electrons. The van der Waals surface area contributed by atoms with Gasteiger partial charge in [0, 0.05) is 25.7 Å². The average Bonchev–Trinajstić information content (AvgIpc) is 2.58. The molecule has 0 atom stereocenters. The number of nitrogens with one attached hydrogen (secondary N) is 1. The lowest BCUT2D eigenvalue weighted by molar-refractivity contribution is 0.594. The molecule has 0 aliphatic heterocycles. The second-order valence-corrected chi connectivity index (χ2v) is 4.51. The molecular weight excluding hydrogens is 200 g/mol. The van der Waals surface area contributed by atoms with Crippen LogP contribution >= 0.6 is 0 Å². The third kappa shape index (κ3) is 5.07. The highest BCUT2D eigenvalue weighted by Crippen LogP contribution is 2.04. The zero-order valence-electron chi connectivity index (χ0n) is 10.7. The predicted molar refractivity (Wildman–Crippen MR) is 66.2 cm³/mol. The van der Waals surface area contributed by atoms with Gasteiger partial charge in [0.2, 0.25) is 0 Å². The van der Waals surface area contributed by atoms with Gasteiger partial charge < -0.3 is 5.32 Å². The van der Waals surface area contributed by atoms with Gasteiger partial charge in [-0.2, -0.15) is 0 Å². The van der Waals surface area contributed by atoms with Crippen molar-refractivity contribution >= 4 is 0 Å².